The van der Waals surface area contributed by atoms with E-state index in [9.17, 15) is 27.6 Å². The summed E-state index contributed by atoms with van der Waals surface area (Å²) in [6, 6.07) is 9.36. The van der Waals surface area contributed by atoms with Gasteiger partial charge < -0.3 is 10.1 Å². The lowest BCUT2D eigenvalue weighted by molar-refractivity contribution is -0.137. The predicted octanol–water partition coefficient (Wildman–Crippen LogP) is 3.93. The molecule has 10 heteroatoms. The summed E-state index contributed by atoms with van der Waals surface area (Å²) in [5.74, 6) is -0.576. The number of nitrogens with one attached hydrogen (secondary N) is 2. The molecule has 0 saturated carbocycles. The van der Waals surface area contributed by atoms with Gasteiger partial charge in [-0.2, -0.15) is 13.2 Å². The summed E-state index contributed by atoms with van der Waals surface area (Å²) in [4.78, 5) is 36.3. The maximum atomic E-state index is 12.7. The van der Waals surface area contributed by atoms with Crippen LogP contribution in [0, 0.1) is 0 Å². The topological polar surface area (TPSA) is 84.5 Å². The Morgan fingerprint density at radius 1 is 1.13 bits per heavy atom. The molecule has 31 heavy (non-hydrogen) atoms. The van der Waals surface area contributed by atoms with Crippen molar-refractivity contribution < 1.29 is 32.3 Å². The lowest BCUT2D eigenvalue weighted by Gasteiger charge is -2.19. The van der Waals surface area contributed by atoms with Crippen LogP contribution in [0.15, 0.2) is 42.5 Å². The zero-order valence-electron chi connectivity index (χ0n) is 16.6. The molecule has 0 aromatic heterocycles. The summed E-state index contributed by atoms with van der Waals surface area (Å²) in [5.41, 5.74) is 0.602. The van der Waals surface area contributed by atoms with E-state index in [2.05, 4.69) is 10.6 Å². The molecule has 2 N–H and O–H groups in total. The van der Waals surface area contributed by atoms with Gasteiger partial charge in [0, 0.05) is 6.54 Å². The highest BCUT2D eigenvalue weighted by atomic mass is 32.2. The van der Waals surface area contributed by atoms with Crippen molar-refractivity contribution in [1.82, 2.24) is 10.6 Å². The van der Waals surface area contributed by atoms with Crippen LogP contribution >= 0.6 is 11.8 Å². The number of alkyl halides is 3. The second-order valence-electron chi connectivity index (χ2n) is 7.16. The first-order chi connectivity index (χ1) is 14.5. The highest BCUT2D eigenvalue weighted by molar-refractivity contribution is 8.16. The second kappa shape index (κ2) is 8.62. The normalized spacial score (nSPS) is 18.6. The van der Waals surface area contributed by atoms with Crippen molar-refractivity contribution in [3.8, 4) is 5.75 Å². The van der Waals surface area contributed by atoms with Crippen molar-refractivity contribution in [3.63, 3.8) is 0 Å². The zero-order valence-corrected chi connectivity index (χ0v) is 17.4. The van der Waals surface area contributed by atoms with Crippen LogP contribution in [0.3, 0.4) is 0 Å². The molecule has 1 aliphatic rings. The third-order valence-corrected chi connectivity index (χ3v) is 5.87. The van der Waals surface area contributed by atoms with Crippen LogP contribution in [0.1, 0.15) is 34.0 Å². The Hall–Kier alpha value is -3.01. The molecule has 3 amide bonds. The summed E-state index contributed by atoms with van der Waals surface area (Å²) in [7, 11) is 1.40. The van der Waals surface area contributed by atoms with Gasteiger partial charge >= 0.3 is 6.18 Å². The number of carbonyl (C=O) groups excluding carboxylic acids is 3. The SMILES string of the molecule is COc1ccc(C[C@]2(C)SC(=O)NC2=O)cc1C(=O)NCc1ccc(C(F)(F)F)cc1. The largest absolute Gasteiger partial charge is 0.496 e. The summed E-state index contributed by atoms with van der Waals surface area (Å²) in [5, 5.41) is 4.48. The lowest BCUT2D eigenvalue weighted by atomic mass is 9.97. The molecule has 0 aliphatic carbocycles. The molecular formula is C21H19F3N2O4S. The first kappa shape index (κ1) is 22.7. The van der Waals surface area contributed by atoms with E-state index in [1.165, 1.54) is 19.2 Å². The Kier molecular flexibility index (Phi) is 6.30. The zero-order chi connectivity index (χ0) is 22.8. The number of carbonyl (C=O) groups is 3. The van der Waals surface area contributed by atoms with Crippen LogP contribution in [-0.2, 0) is 23.9 Å². The predicted molar refractivity (Wildman–Crippen MR) is 109 cm³/mol. The molecule has 2 aromatic rings. The number of imide groups is 1. The summed E-state index contributed by atoms with van der Waals surface area (Å²) in [6.07, 6.45) is -4.20. The Morgan fingerprint density at radius 2 is 1.77 bits per heavy atom. The standard InChI is InChI=1S/C21H19F3N2O4S/c1-20(18(28)26-19(29)31-20)10-13-5-8-16(30-2)15(9-13)17(27)25-11-12-3-6-14(7-4-12)21(22,23)24/h3-9H,10-11H2,1-2H3,(H,25,27)(H,26,28,29)/t20-/m0/s1. The number of hydrogen-bond acceptors (Lipinski definition) is 5. The van der Waals surface area contributed by atoms with Crippen LogP contribution in [0.25, 0.3) is 0 Å². The van der Waals surface area contributed by atoms with Crippen LogP contribution in [0.4, 0.5) is 18.0 Å². The minimum Gasteiger partial charge on any atom is -0.496 e. The lowest BCUT2D eigenvalue weighted by Crippen LogP contribution is -2.35. The Labute approximate surface area is 180 Å². The van der Waals surface area contributed by atoms with Crippen molar-refractivity contribution in [2.24, 2.45) is 0 Å². The Morgan fingerprint density at radius 3 is 2.32 bits per heavy atom. The van der Waals surface area contributed by atoms with E-state index in [1.807, 2.05) is 0 Å². The summed E-state index contributed by atoms with van der Waals surface area (Å²) >= 11 is 0.894. The van der Waals surface area contributed by atoms with Crippen LogP contribution in [0.5, 0.6) is 5.75 Å². The third kappa shape index (κ3) is 5.19. The molecule has 0 bridgehead atoms. The van der Waals surface area contributed by atoms with Gasteiger partial charge in [0.1, 0.15) is 10.5 Å². The number of ether oxygens (including phenoxy) is 1. The fraction of sp³-hybridized carbons (Fsp3) is 0.286. The van der Waals surface area contributed by atoms with Gasteiger partial charge in [-0.05, 0) is 60.5 Å². The molecule has 1 heterocycles. The fourth-order valence-electron chi connectivity index (χ4n) is 3.14. The maximum absolute atomic E-state index is 12.7. The molecule has 3 rings (SSSR count). The van der Waals surface area contributed by atoms with Gasteiger partial charge in [-0.25, -0.2) is 0 Å². The van der Waals surface area contributed by atoms with Crippen molar-refractivity contribution in [2.45, 2.75) is 30.8 Å². The van der Waals surface area contributed by atoms with Crippen LogP contribution in [0.2, 0.25) is 0 Å². The molecule has 6 nitrogen and oxygen atoms in total. The molecular weight excluding hydrogens is 433 g/mol. The van der Waals surface area contributed by atoms with Gasteiger partial charge in [0.25, 0.3) is 11.1 Å². The van der Waals surface area contributed by atoms with Crippen LogP contribution < -0.4 is 15.4 Å². The second-order valence-corrected chi connectivity index (χ2v) is 8.64. The molecule has 164 valence electrons. The molecule has 1 fully saturated rings. The fourth-order valence-corrected chi connectivity index (χ4v) is 4.07. The molecule has 2 aromatic carbocycles. The summed E-state index contributed by atoms with van der Waals surface area (Å²) < 4.78 is 42.2. The van der Waals surface area contributed by atoms with Crippen LogP contribution in [-0.4, -0.2) is 28.9 Å². The van der Waals surface area contributed by atoms with Crippen molar-refractivity contribution in [3.05, 3.63) is 64.7 Å². The average Bonchev–Trinajstić information content (AvgIpc) is 2.96. The van der Waals surface area contributed by atoms with Gasteiger partial charge in [-0.3, -0.25) is 19.7 Å². The Balaban J connectivity index is 1.73. The molecule has 0 unspecified atom stereocenters. The molecule has 1 aliphatic heterocycles. The van der Waals surface area contributed by atoms with Gasteiger partial charge in [0.2, 0.25) is 5.91 Å². The number of rotatable bonds is 6. The minimum absolute atomic E-state index is 0.0226. The van der Waals surface area contributed by atoms with Gasteiger partial charge in [-0.15, -0.1) is 0 Å². The molecule has 1 atom stereocenters. The average molecular weight is 452 g/mol. The quantitative estimate of drug-likeness (QED) is 0.694. The van der Waals surface area contributed by atoms with E-state index < -0.39 is 33.5 Å². The third-order valence-electron chi connectivity index (χ3n) is 4.80. The van der Waals surface area contributed by atoms with Crippen molar-refractivity contribution >= 4 is 28.8 Å². The first-order valence-corrected chi connectivity index (χ1v) is 9.99. The van der Waals surface area contributed by atoms with E-state index in [1.54, 1.807) is 25.1 Å². The summed E-state index contributed by atoms with van der Waals surface area (Å²) in [6.45, 7) is 1.67. The smallest absolute Gasteiger partial charge is 0.416 e. The van der Waals surface area contributed by atoms with Crippen molar-refractivity contribution in [1.29, 1.82) is 0 Å². The number of benzene rings is 2. The van der Waals surface area contributed by atoms with Gasteiger partial charge in [0.05, 0.1) is 18.2 Å². The highest BCUT2D eigenvalue weighted by Crippen LogP contribution is 2.35. The molecule has 0 spiro atoms. The van der Waals surface area contributed by atoms with Crippen molar-refractivity contribution in [2.75, 3.05) is 7.11 Å². The van der Waals surface area contributed by atoms with E-state index in [0.717, 1.165) is 23.9 Å². The monoisotopic (exact) mass is 452 g/mol. The van der Waals surface area contributed by atoms with E-state index in [0.29, 0.717) is 16.9 Å². The maximum Gasteiger partial charge on any atom is 0.416 e. The number of thioether (sulfide) groups is 1. The van der Waals surface area contributed by atoms with E-state index in [-0.39, 0.29) is 18.5 Å². The minimum atomic E-state index is -4.43. The number of hydrogen-bond donors (Lipinski definition) is 2. The van der Waals surface area contributed by atoms with E-state index in [4.69, 9.17) is 4.74 Å². The van der Waals surface area contributed by atoms with Gasteiger partial charge in [0.15, 0.2) is 0 Å². The Bertz CT molecular complexity index is 1020. The highest BCUT2D eigenvalue weighted by Gasteiger charge is 2.43. The molecule has 1 saturated heterocycles. The molecule has 0 radical (unpaired) electrons. The number of halogens is 3. The first-order valence-electron chi connectivity index (χ1n) is 9.17. The van der Waals surface area contributed by atoms with Gasteiger partial charge in [-0.1, -0.05) is 18.2 Å². The van der Waals surface area contributed by atoms with E-state index >= 15 is 0 Å². The number of methoxy groups -OCH3 is 1. The number of amides is 3.